The topological polar surface area (TPSA) is 74.6 Å². The van der Waals surface area contributed by atoms with Crippen molar-refractivity contribution in [1.82, 2.24) is 0 Å². The number of carboxylic acid groups (broad SMARTS) is 2. The van der Waals surface area contributed by atoms with Gasteiger partial charge in [0.15, 0.2) is 0 Å². The van der Waals surface area contributed by atoms with E-state index >= 15 is 0 Å². The molecule has 4 aliphatic carbocycles. The van der Waals surface area contributed by atoms with E-state index in [-0.39, 0.29) is 34.1 Å². The third-order valence-corrected chi connectivity index (χ3v) is 18.5. The molecule has 0 radical (unpaired) electrons. The summed E-state index contributed by atoms with van der Waals surface area (Å²) in [6, 6.07) is 47.5. The van der Waals surface area contributed by atoms with Gasteiger partial charge in [0, 0.05) is 0 Å². The van der Waals surface area contributed by atoms with Crippen LogP contribution >= 0.6 is 0 Å². The Labute approximate surface area is 382 Å². The fraction of sp³-hybridized carbons (Fsp3) is 0.385. The number of carboxylic acids is 2. The molecule has 312 valence electrons. The van der Waals surface area contributed by atoms with Crippen molar-refractivity contribution in [3.8, 4) is 0 Å². The molecule has 7 heteroatoms. The third-order valence-electron chi connectivity index (χ3n) is 11.5. The van der Waals surface area contributed by atoms with Crippen LogP contribution in [-0.2, 0) is 34.1 Å². The standard InChI is InChI=1S/2C12H14O2.3C6H5.2C5H10.2Fe.Sb/c2*13-12(14)11-7-5-10(6-8-11)9-3-1-2-4-9;3*1-2-4-6-5-3-1;2*1-2-4-5-3-1;;;/h2*5-9H,1-4H2,(H,13,14);3*1-5H;2*1-5H2;;;/q;;;;;;;2*+2;. The van der Waals surface area contributed by atoms with Crippen LogP contribution in [0.5, 0.6) is 0 Å². The van der Waals surface area contributed by atoms with Gasteiger partial charge in [-0.3, -0.25) is 0 Å². The number of hydrogen-bond acceptors (Lipinski definition) is 2. The van der Waals surface area contributed by atoms with Gasteiger partial charge in [-0.1, -0.05) is 114 Å². The molecule has 0 bridgehead atoms. The van der Waals surface area contributed by atoms with E-state index in [1.807, 2.05) is 24.3 Å². The molecule has 0 aromatic heterocycles. The van der Waals surface area contributed by atoms with Gasteiger partial charge >= 0.3 is 168 Å². The van der Waals surface area contributed by atoms with Gasteiger partial charge in [-0.15, -0.1) is 0 Å². The summed E-state index contributed by atoms with van der Waals surface area (Å²) in [5.74, 6) is -0.360. The third kappa shape index (κ3) is 17.8. The molecule has 0 saturated heterocycles. The summed E-state index contributed by atoms with van der Waals surface area (Å²) in [6.45, 7) is 0. The first-order chi connectivity index (χ1) is 28.0. The Balaban J connectivity index is 0.000000210. The number of carbonyl (C=O) groups is 2. The van der Waals surface area contributed by atoms with Crippen LogP contribution in [-0.4, -0.2) is 42.4 Å². The fourth-order valence-electron chi connectivity index (χ4n) is 8.26. The molecule has 0 amide bonds. The minimum absolute atomic E-state index is 0. The van der Waals surface area contributed by atoms with E-state index in [0.29, 0.717) is 23.0 Å². The fourth-order valence-corrected chi connectivity index (χ4v) is 14.8. The van der Waals surface area contributed by atoms with Gasteiger partial charge in [-0.2, -0.15) is 0 Å². The van der Waals surface area contributed by atoms with E-state index in [4.69, 9.17) is 10.2 Å². The molecular weight excluding hydrogens is 922 g/mol. The minimum atomic E-state index is -1.83. The maximum absolute atomic E-state index is 10.6. The van der Waals surface area contributed by atoms with Crippen molar-refractivity contribution in [2.75, 3.05) is 0 Å². The average Bonchev–Trinajstić information content (AvgIpc) is 4.13. The van der Waals surface area contributed by atoms with Gasteiger partial charge < -0.3 is 10.2 Å². The predicted octanol–water partition coefficient (Wildman–Crippen LogP) is 12.2. The summed E-state index contributed by atoms with van der Waals surface area (Å²) in [5, 5.41) is 17.5. The van der Waals surface area contributed by atoms with E-state index < -0.39 is 32.1 Å². The Kier molecular flexibility index (Phi) is 24.9. The van der Waals surface area contributed by atoms with Crippen molar-refractivity contribution in [3.63, 3.8) is 0 Å². The van der Waals surface area contributed by atoms with Crippen LogP contribution in [0.25, 0.3) is 0 Å². The van der Waals surface area contributed by atoms with Crippen molar-refractivity contribution in [2.45, 2.75) is 127 Å². The van der Waals surface area contributed by atoms with Crippen LogP contribution in [0.2, 0.25) is 0 Å². The van der Waals surface area contributed by atoms with Gasteiger partial charge in [-0.25, -0.2) is 9.59 Å². The second-order valence-corrected chi connectivity index (χ2v) is 22.0. The van der Waals surface area contributed by atoms with Crippen LogP contribution in [0.4, 0.5) is 0 Å². The molecule has 0 atom stereocenters. The molecule has 5 aromatic carbocycles. The summed E-state index contributed by atoms with van der Waals surface area (Å²) < 4.78 is 4.55. The number of benzene rings is 5. The molecule has 4 nitrogen and oxygen atoms in total. The van der Waals surface area contributed by atoms with Crippen molar-refractivity contribution in [1.29, 1.82) is 0 Å². The first kappa shape index (κ1) is 50.3. The molecule has 4 fully saturated rings. The van der Waals surface area contributed by atoms with Crippen molar-refractivity contribution >= 4 is 42.7 Å². The van der Waals surface area contributed by atoms with Crippen molar-refractivity contribution in [2.24, 2.45) is 0 Å². The Morgan fingerprint density at radius 2 is 0.593 bits per heavy atom. The molecule has 9 rings (SSSR count). The first-order valence-electron chi connectivity index (χ1n) is 21.6. The number of hydrogen-bond donors (Lipinski definition) is 2. The monoisotopic (exact) mass is 984 g/mol. The summed E-state index contributed by atoms with van der Waals surface area (Å²) >= 11 is -1.83. The summed E-state index contributed by atoms with van der Waals surface area (Å²) in [4.78, 5) is 21.3. The second-order valence-electron chi connectivity index (χ2n) is 15.7. The zero-order valence-corrected chi connectivity index (χ0v) is 39.3. The quantitative estimate of drug-likeness (QED) is 0.159. The number of rotatable bonds is 7. The molecular formula is C52H63Fe2O4Sb+4. The molecule has 4 saturated carbocycles. The van der Waals surface area contributed by atoms with E-state index in [1.54, 1.807) is 24.3 Å². The summed E-state index contributed by atoms with van der Waals surface area (Å²) in [6.07, 6.45) is 25.3. The van der Waals surface area contributed by atoms with E-state index in [9.17, 15) is 9.59 Å². The van der Waals surface area contributed by atoms with Gasteiger partial charge in [0.05, 0.1) is 11.1 Å². The summed E-state index contributed by atoms with van der Waals surface area (Å²) in [5.41, 5.74) is 3.36. The Hall–Kier alpha value is -3.10. The van der Waals surface area contributed by atoms with E-state index in [0.717, 1.165) is 0 Å². The second kappa shape index (κ2) is 29.2. The molecule has 0 unspecified atom stereocenters. The maximum atomic E-state index is 10.6. The molecule has 59 heavy (non-hydrogen) atoms. The van der Waals surface area contributed by atoms with Gasteiger partial charge in [-0.05, 0) is 72.9 Å². The van der Waals surface area contributed by atoms with Gasteiger partial charge in [0.25, 0.3) is 0 Å². The first-order valence-corrected chi connectivity index (χ1v) is 25.4. The van der Waals surface area contributed by atoms with Crippen molar-refractivity contribution in [3.05, 3.63) is 162 Å². The Bertz CT molecular complexity index is 1650. The normalized spacial score (nSPS) is 15.6. The molecule has 4 aliphatic rings. The zero-order valence-electron chi connectivity index (χ0n) is 34.5. The van der Waals surface area contributed by atoms with Gasteiger partial charge in [0.2, 0.25) is 0 Å². The predicted molar refractivity (Wildman–Crippen MR) is 239 cm³/mol. The van der Waals surface area contributed by atoms with Crippen molar-refractivity contribution < 1.29 is 53.9 Å². The Morgan fingerprint density at radius 1 is 0.356 bits per heavy atom. The van der Waals surface area contributed by atoms with Crippen LogP contribution in [0.3, 0.4) is 0 Å². The molecule has 2 N–H and O–H groups in total. The summed E-state index contributed by atoms with van der Waals surface area (Å²) in [7, 11) is 0. The van der Waals surface area contributed by atoms with Crippen LogP contribution in [0.1, 0.15) is 159 Å². The zero-order chi connectivity index (χ0) is 39.9. The molecule has 0 spiro atoms. The van der Waals surface area contributed by atoms with E-state index in [1.165, 1.54) is 137 Å². The molecule has 0 aliphatic heterocycles. The molecule has 0 heterocycles. The number of aromatic carboxylic acids is 2. The Morgan fingerprint density at radius 3 is 0.814 bits per heavy atom. The average molecular weight is 986 g/mol. The van der Waals surface area contributed by atoms with Crippen LogP contribution < -0.4 is 10.5 Å². The molecule has 5 aromatic rings. The van der Waals surface area contributed by atoms with Gasteiger partial charge in [0.1, 0.15) is 0 Å². The van der Waals surface area contributed by atoms with Crippen LogP contribution in [0.15, 0.2) is 140 Å². The van der Waals surface area contributed by atoms with Crippen LogP contribution in [0, 0.1) is 0 Å². The SMILES string of the molecule is C1CCCC1.C1CCCC1.O=C(O)c1ccc(C2CCCC2)cc1.O=C(O)c1ccc(C2CCCC2)cc1.[Fe+2].[Fe+2].c1cc[c]([Sb]([c]2ccccc2)[c]2ccccc2)cc1. The van der Waals surface area contributed by atoms with E-state index in [2.05, 4.69) is 91.0 Å².